The molecule has 112 valence electrons. The third-order valence-electron chi connectivity index (χ3n) is 3.64. The summed E-state index contributed by atoms with van der Waals surface area (Å²) in [6, 6.07) is 3.91. The second-order valence-corrected chi connectivity index (χ2v) is 7.06. The number of halogens is 1. The lowest BCUT2D eigenvalue weighted by Crippen LogP contribution is -2.48. The van der Waals surface area contributed by atoms with E-state index in [9.17, 15) is 12.8 Å². The molecule has 0 aromatic heterocycles. The molecule has 1 heterocycles. The molecule has 1 saturated heterocycles. The number of hydrogen-bond acceptors (Lipinski definition) is 3. The first-order valence-electron chi connectivity index (χ1n) is 6.94. The van der Waals surface area contributed by atoms with E-state index in [0.29, 0.717) is 18.7 Å². The number of hydrogen-bond donors (Lipinski definition) is 0. The highest BCUT2D eigenvalue weighted by Gasteiger charge is 2.29. The molecule has 0 spiro atoms. The summed E-state index contributed by atoms with van der Waals surface area (Å²) in [7, 11) is -3.59. The normalized spacial score (nSPS) is 18.4. The Hall–Kier alpha value is -0.980. The van der Waals surface area contributed by atoms with E-state index in [1.807, 2.05) is 0 Å². The van der Waals surface area contributed by atoms with Crippen LogP contribution in [0.2, 0.25) is 0 Å². The maximum Gasteiger partial charge on any atom is 0.243 e. The second-order valence-electron chi connectivity index (χ2n) is 5.16. The maximum atomic E-state index is 13.3. The maximum absolute atomic E-state index is 13.3. The van der Waals surface area contributed by atoms with Crippen molar-refractivity contribution < 1.29 is 12.8 Å². The number of sulfonamides is 1. The molecule has 0 bridgehead atoms. The van der Waals surface area contributed by atoms with Gasteiger partial charge in [0.2, 0.25) is 10.0 Å². The molecule has 0 unspecified atom stereocenters. The summed E-state index contributed by atoms with van der Waals surface area (Å²) >= 11 is 0. The molecule has 1 aromatic carbocycles. The highest BCUT2D eigenvalue weighted by molar-refractivity contribution is 7.89. The van der Waals surface area contributed by atoms with Gasteiger partial charge in [0.15, 0.2) is 0 Å². The Morgan fingerprint density at radius 3 is 2.45 bits per heavy atom. The van der Waals surface area contributed by atoms with Crippen molar-refractivity contribution >= 4 is 10.0 Å². The Bertz CT molecular complexity index is 567. The van der Waals surface area contributed by atoms with Gasteiger partial charge in [0, 0.05) is 26.2 Å². The lowest BCUT2D eigenvalue weighted by molar-refractivity contribution is 0.188. The Morgan fingerprint density at radius 2 is 1.85 bits per heavy atom. The van der Waals surface area contributed by atoms with Crippen molar-refractivity contribution in [2.75, 3.05) is 32.7 Å². The van der Waals surface area contributed by atoms with Gasteiger partial charge < -0.3 is 4.90 Å². The van der Waals surface area contributed by atoms with Gasteiger partial charge in [-0.1, -0.05) is 13.0 Å². The fourth-order valence-corrected chi connectivity index (χ4v) is 4.16. The van der Waals surface area contributed by atoms with Crippen molar-refractivity contribution in [3.63, 3.8) is 0 Å². The zero-order valence-corrected chi connectivity index (χ0v) is 12.8. The van der Waals surface area contributed by atoms with Gasteiger partial charge in [0.05, 0.1) is 4.90 Å². The first-order valence-corrected chi connectivity index (χ1v) is 8.38. The van der Waals surface area contributed by atoms with Crippen LogP contribution < -0.4 is 0 Å². The molecule has 2 rings (SSSR count). The van der Waals surface area contributed by atoms with E-state index in [0.717, 1.165) is 32.1 Å². The minimum absolute atomic E-state index is 0.0847. The van der Waals surface area contributed by atoms with E-state index in [1.54, 1.807) is 6.92 Å². The van der Waals surface area contributed by atoms with Crippen molar-refractivity contribution in [1.82, 2.24) is 9.21 Å². The van der Waals surface area contributed by atoms with Crippen LogP contribution in [0.1, 0.15) is 18.9 Å². The Labute approximate surface area is 120 Å². The molecule has 1 aromatic rings. The first kappa shape index (κ1) is 15.4. The molecule has 6 heteroatoms. The second kappa shape index (κ2) is 6.20. The van der Waals surface area contributed by atoms with Gasteiger partial charge in [0.1, 0.15) is 5.82 Å². The van der Waals surface area contributed by atoms with Gasteiger partial charge >= 0.3 is 0 Å². The third kappa shape index (κ3) is 3.19. The van der Waals surface area contributed by atoms with E-state index < -0.39 is 15.8 Å². The lowest BCUT2D eigenvalue weighted by atomic mass is 10.2. The van der Waals surface area contributed by atoms with E-state index in [4.69, 9.17) is 0 Å². The summed E-state index contributed by atoms with van der Waals surface area (Å²) < 4.78 is 39.9. The molecule has 0 saturated carbocycles. The van der Waals surface area contributed by atoms with Gasteiger partial charge in [0.25, 0.3) is 0 Å². The lowest BCUT2D eigenvalue weighted by Gasteiger charge is -2.34. The molecule has 0 radical (unpaired) electrons. The SMILES string of the molecule is CCCN1CCN(S(=O)(=O)c2cc(F)ccc2C)CC1. The quantitative estimate of drug-likeness (QED) is 0.852. The Balaban J connectivity index is 2.18. The van der Waals surface area contributed by atoms with E-state index in [-0.39, 0.29) is 4.90 Å². The van der Waals surface area contributed by atoms with E-state index in [1.165, 1.54) is 16.4 Å². The summed E-state index contributed by atoms with van der Waals surface area (Å²) in [6.07, 6.45) is 1.07. The predicted molar refractivity (Wildman–Crippen MR) is 76.6 cm³/mol. The van der Waals surface area contributed by atoms with Crippen LogP contribution in [-0.2, 0) is 10.0 Å². The smallest absolute Gasteiger partial charge is 0.243 e. The topological polar surface area (TPSA) is 40.6 Å². The zero-order valence-electron chi connectivity index (χ0n) is 12.0. The largest absolute Gasteiger partial charge is 0.301 e. The molecule has 1 aliphatic rings. The molecule has 0 N–H and O–H groups in total. The summed E-state index contributed by atoms with van der Waals surface area (Å²) in [5.41, 5.74) is 0.586. The van der Waals surface area contributed by atoms with Crippen molar-refractivity contribution in [2.24, 2.45) is 0 Å². The zero-order chi connectivity index (χ0) is 14.8. The fraction of sp³-hybridized carbons (Fsp3) is 0.571. The molecule has 0 amide bonds. The van der Waals surface area contributed by atoms with E-state index in [2.05, 4.69) is 11.8 Å². The fourth-order valence-electron chi connectivity index (χ4n) is 2.50. The summed E-state index contributed by atoms with van der Waals surface area (Å²) in [5.74, 6) is -0.515. The molecule has 1 aliphatic heterocycles. The molecule has 0 aliphatic carbocycles. The first-order chi connectivity index (χ1) is 9.45. The van der Waals surface area contributed by atoms with Crippen molar-refractivity contribution in [3.05, 3.63) is 29.6 Å². The minimum Gasteiger partial charge on any atom is -0.301 e. The third-order valence-corrected chi connectivity index (χ3v) is 5.68. The summed E-state index contributed by atoms with van der Waals surface area (Å²) in [6.45, 7) is 7.21. The van der Waals surface area contributed by atoms with Crippen molar-refractivity contribution in [2.45, 2.75) is 25.2 Å². The summed E-state index contributed by atoms with van der Waals surface area (Å²) in [4.78, 5) is 2.34. The number of piperazine rings is 1. The predicted octanol–water partition coefficient (Wildman–Crippen LogP) is 1.85. The van der Waals surface area contributed by atoms with Crippen LogP contribution in [0, 0.1) is 12.7 Å². The highest BCUT2D eigenvalue weighted by atomic mass is 32.2. The van der Waals surface area contributed by atoms with Crippen LogP contribution in [0.5, 0.6) is 0 Å². The van der Waals surface area contributed by atoms with Gasteiger partial charge in [-0.25, -0.2) is 12.8 Å². The highest BCUT2D eigenvalue weighted by Crippen LogP contribution is 2.22. The molecular weight excluding hydrogens is 279 g/mol. The molecule has 1 fully saturated rings. The Morgan fingerprint density at radius 1 is 1.20 bits per heavy atom. The van der Waals surface area contributed by atoms with Gasteiger partial charge in [-0.05, 0) is 37.6 Å². The summed E-state index contributed by atoms with van der Waals surface area (Å²) in [5, 5.41) is 0. The standard InChI is InChI=1S/C14H21FN2O2S/c1-3-6-16-7-9-17(10-8-16)20(18,19)14-11-13(15)5-4-12(14)2/h4-5,11H,3,6-10H2,1-2H3. The molecule has 4 nitrogen and oxygen atoms in total. The van der Waals surface area contributed by atoms with Gasteiger partial charge in [-0.2, -0.15) is 4.31 Å². The van der Waals surface area contributed by atoms with Crippen LogP contribution >= 0.6 is 0 Å². The minimum atomic E-state index is -3.59. The van der Waals surface area contributed by atoms with Gasteiger partial charge in [-0.3, -0.25) is 0 Å². The number of benzene rings is 1. The molecule has 0 atom stereocenters. The van der Waals surface area contributed by atoms with E-state index >= 15 is 0 Å². The molecule has 20 heavy (non-hydrogen) atoms. The molecular formula is C14H21FN2O2S. The van der Waals surface area contributed by atoms with Crippen molar-refractivity contribution in [1.29, 1.82) is 0 Å². The van der Waals surface area contributed by atoms with Gasteiger partial charge in [-0.15, -0.1) is 0 Å². The average Bonchev–Trinajstić information content (AvgIpc) is 2.42. The monoisotopic (exact) mass is 300 g/mol. The Kier molecular flexibility index (Phi) is 4.78. The number of aryl methyl sites for hydroxylation is 1. The van der Waals surface area contributed by atoms with Crippen LogP contribution in [0.15, 0.2) is 23.1 Å². The number of nitrogens with zero attached hydrogens (tertiary/aromatic N) is 2. The average molecular weight is 300 g/mol. The van der Waals surface area contributed by atoms with Crippen LogP contribution in [0.25, 0.3) is 0 Å². The van der Waals surface area contributed by atoms with Crippen LogP contribution in [-0.4, -0.2) is 50.3 Å². The van der Waals surface area contributed by atoms with Crippen molar-refractivity contribution in [3.8, 4) is 0 Å². The van der Waals surface area contributed by atoms with Crippen LogP contribution in [0.4, 0.5) is 4.39 Å². The number of rotatable bonds is 4. The van der Waals surface area contributed by atoms with Crippen LogP contribution in [0.3, 0.4) is 0 Å².